The first-order valence-electron chi connectivity index (χ1n) is 8.77. The molecule has 0 unspecified atom stereocenters. The smallest absolute Gasteiger partial charge is 0.194 e. The van der Waals surface area contributed by atoms with Crippen LogP contribution in [0.1, 0.15) is 18.3 Å². The number of aryl methyl sites for hydroxylation is 1. The van der Waals surface area contributed by atoms with Gasteiger partial charge in [0.05, 0.1) is 18.8 Å². The number of aromatic nitrogens is 2. The van der Waals surface area contributed by atoms with Gasteiger partial charge in [-0.2, -0.15) is 0 Å². The molecule has 0 atom stereocenters. The number of rotatable bonds is 6. The third-order valence-electron chi connectivity index (χ3n) is 4.11. The molecule has 0 saturated heterocycles. The van der Waals surface area contributed by atoms with Crippen LogP contribution in [0.15, 0.2) is 59.0 Å². The Morgan fingerprint density at radius 1 is 1.22 bits per heavy atom. The van der Waals surface area contributed by atoms with Crippen molar-refractivity contribution in [1.29, 1.82) is 0 Å². The summed E-state index contributed by atoms with van der Waals surface area (Å²) in [6, 6.07) is 14.5. The molecule has 0 aliphatic heterocycles. The molecule has 3 rings (SSSR count). The van der Waals surface area contributed by atoms with Gasteiger partial charge in [0, 0.05) is 43.5 Å². The average Bonchev–Trinajstić information content (AvgIpc) is 3.29. The van der Waals surface area contributed by atoms with Gasteiger partial charge < -0.3 is 14.8 Å². The topological polar surface area (TPSA) is 45.5 Å². The Labute approximate surface area is 182 Å². The number of nitrogens with one attached hydrogen (secondary N) is 1. The monoisotopic (exact) mass is 495 g/mol. The lowest BCUT2D eigenvalue weighted by molar-refractivity contribution is 0.461. The molecule has 5 nitrogen and oxygen atoms in total. The highest BCUT2D eigenvalue weighted by Crippen LogP contribution is 2.23. The van der Waals surface area contributed by atoms with E-state index in [4.69, 9.17) is 9.98 Å². The molecule has 0 bridgehead atoms. The van der Waals surface area contributed by atoms with Crippen LogP contribution in [0.3, 0.4) is 0 Å². The molecule has 0 aliphatic carbocycles. The number of guanidine groups is 1. The Morgan fingerprint density at radius 2 is 2.00 bits per heavy atom. The highest BCUT2D eigenvalue weighted by atomic mass is 127. The van der Waals surface area contributed by atoms with Crippen LogP contribution >= 0.6 is 35.3 Å². The lowest BCUT2D eigenvalue weighted by Crippen LogP contribution is -2.38. The first kappa shape index (κ1) is 21.4. The standard InChI is InChI=1S/C20H25N5S.HI/c1-4-21-20(25(3)14-18-11-8-12-24(18)2)22-13-17-15-26-19(23-17)16-9-6-5-7-10-16;/h5-12,15H,4,13-14H2,1-3H3,(H,21,22);1H. The highest BCUT2D eigenvalue weighted by Gasteiger charge is 2.09. The lowest BCUT2D eigenvalue weighted by atomic mass is 10.2. The molecule has 0 amide bonds. The predicted octanol–water partition coefficient (Wildman–Crippen LogP) is 4.36. The minimum atomic E-state index is 0. The third kappa shape index (κ3) is 5.80. The van der Waals surface area contributed by atoms with Gasteiger partial charge in [-0.1, -0.05) is 30.3 Å². The van der Waals surface area contributed by atoms with Crippen LogP contribution in [-0.4, -0.2) is 34.0 Å². The molecule has 1 N–H and O–H groups in total. The summed E-state index contributed by atoms with van der Waals surface area (Å²) in [5.74, 6) is 0.892. The summed E-state index contributed by atoms with van der Waals surface area (Å²) in [4.78, 5) is 11.6. The van der Waals surface area contributed by atoms with Gasteiger partial charge in [-0.05, 0) is 19.1 Å². The van der Waals surface area contributed by atoms with Crippen LogP contribution in [0.25, 0.3) is 10.6 Å². The zero-order valence-electron chi connectivity index (χ0n) is 15.9. The molecular formula is C20H26IN5S. The fourth-order valence-electron chi connectivity index (χ4n) is 2.70. The first-order chi connectivity index (χ1) is 12.7. The predicted molar refractivity (Wildman–Crippen MR) is 125 cm³/mol. The summed E-state index contributed by atoms with van der Waals surface area (Å²) >= 11 is 1.66. The van der Waals surface area contributed by atoms with Gasteiger partial charge in [-0.15, -0.1) is 35.3 Å². The SMILES string of the molecule is CCNC(=NCc1csc(-c2ccccc2)n1)N(C)Cc1cccn1C.I. The molecule has 0 spiro atoms. The number of thiazole rings is 1. The molecule has 0 saturated carbocycles. The number of benzene rings is 1. The summed E-state index contributed by atoms with van der Waals surface area (Å²) < 4.78 is 2.13. The van der Waals surface area contributed by atoms with Crippen molar-refractivity contribution in [2.24, 2.45) is 12.0 Å². The molecule has 27 heavy (non-hydrogen) atoms. The average molecular weight is 495 g/mol. The molecular weight excluding hydrogens is 469 g/mol. The van der Waals surface area contributed by atoms with E-state index >= 15 is 0 Å². The van der Waals surface area contributed by atoms with E-state index in [-0.39, 0.29) is 24.0 Å². The van der Waals surface area contributed by atoms with Crippen molar-refractivity contribution >= 4 is 41.3 Å². The summed E-state index contributed by atoms with van der Waals surface area (Å²) in [6.07, 6.45) is 2.06. The molecule has 144 valence electrons. The van der Waals surface area contributed by atoms with Crippen LogP contribution in [0.2, 0.25) is 0 Å². The Hall–Kier alpha value is -1.87. The van der Waals surface area contributed by atoms with Crippen LogP contribution in [0.4, 0.5) is 0 Å². The van der Waals surface area contributed by atoms with Gasteiger partial charge in [-0.3, -0.25) is 0 Å². The zero-order chi connectivity index (χ0) is 18.4. The molecule has 0 aliphatic rings. The van der Waals surface area contributed by atoms with E-state index in [1.807, 2.05) is 18.2 Å². The zero-order valence-corrected chi connectivity index (χ0v) is 19.1. The van der Waals surface area contributed by atoms with Crippen molar-refractivity contribution in [1.82, 2.24) is 19.8 Å². The van der Waals surface area contributed by atoms with Crippen LogP contribution < -0.4 is 5.32 Å². The van der Waals surface area contributed by atoms with Gasteiger partial charge in [0.15, 0.2) is 5.96 Å². The van der Waals surface area contributed by atoms with Crippen molar-refractivity contribution in [2.75, 3.05) is 13.6 Å². The summed E-state index contributed by atoms with van der Waals surface area (Å²) in [5, 5.41) is 6.49. The van der Waals surface area contributed by atoms with E-state index in [0.717, 1.165) is 35.3 Å². The second kappa shape index (κ2) is 10.5. The molecule has 2 aromatic heterocycles. The molecule has 0 fully saturated rings. The highest BCUT2D eigenvalue weighted by molar-refractivity contribution is 14.0. The summed E-state index contributed by atoms with van der Waals surface area (Å²) in [7, 11) is 4.12. The summed E-state index contributed by atoms with van der Waals surface area (Å²) in [5.41, 5.74) is 3.40. The molecule has 0 radical (unpaired) electrons. The van der Waals surface area contributed by atoms with E-state index in [0.29, 0.717) is 6.54 Å². The minimum Gasteiger partial charge on any atom is -0.357 e. The lowest BCUT2D eigenvalue weighted by Gasteiger charge is -2.22. The molecule has 3 aromatic rings. The van der Waals surface area contributed by atoms with Crippen molar-refractivity contribution < 1.29 is 0 Å². The number of hydrogen-bond donors (Lipinski definition) is 1. The van der Waals surface area contributed by atoms with E-state index in [9.17, 15) is 0 Å². The van der Waals surface area contributed by atoms with Crippen molar-refractivity contribution in [2.45, 2.75) is 20.0 Å². The second-order valence-electron chi connectivity index (χ2n) is 6.15. The van der Waals surface area contributed by atoms with Gasteiger partial charge in [0.1, 0.15) is 5.01 Å². The quantitative estimate of drug-likeness (QED) is 0.314. The largest absolute Gasteiger partial charge is 0.357 e. The molecule has 1 aromatic carbocycles. The van der Waals surface area contributed by atoms with Gasteiger partial charge in [-0.25, -0.2) is 9.98 Å². The Bertz CT molecular complexity index is 856. The number of nitrogens with zero attached hydrogens (tertiary/aromatic N) is 4. The molecule has 2 heterocycles. The van der Waals surface area contributed by atoms with E-state index in [2.05, 4.69) is 71.6 Å². The fourth-order valence-corrected chi connectivity index (χ4v) is 3.51. The van der Waals surface area contributed by atoms with E-state index in [1.165, 1.54) is 5.69 Å². The number of halogens is 1. The normalized spacial score (nSPS) is 11.1. The minimum absolute atomic E-state index is 0. The van der Waals surface area contributed by atoms with Crippen LogP contribution in [0.5, 0.6) is 0 Å². The van der Waals surface area contributed by atoms with Gasteiger partial charge in [0.2, 0.25) is 0 Å². The summed E-state index contributed by atoms with van der Waals surface area (Å²) in [6.45, 7) is 4.30. The fraction of sp³-hybridized carbons (Fsp3) is 0.300. The van der Waals surface area contributed by atoms with Crippen molar-refractivity contribution in [3.05, 3.63) is 65.4 Å². The van der Waals surface area contributed by atoms with Gasteiger partial charge >= 0.3 is 0 Å². The van der Waals surface area contributed by atoms with Crippen LogP contribution in [0, 0.1) is 0 Å². The first-order valence-corrected chi connectivity index (χ1v) is 9.65. The third-order valence-corrected chi connectivity index (χ3v) is 5.05. The van der Waals surface area contributed by atoms with Crippen molar-refractivity contribution in [3.63, 3.8) is 0 Å². The van der Waals surface area contributed by atoms with Crippen molar-refractivity contribution in [3.8, 4) is 10.6 Å². The Kier molecular flexibility index (Phi) is 8.30. The second-order valence-corrected chi connectivity index (χ2v) is 7.00. The van der Waals surface area contributed by atoms with Crippen LogP contribution in [-0.2, 0) is 20.1 Å². The van der Waals surface area contributed by atoms with E-state index < -0.39 is 0 Å². The van der Waals surface area contributed by atoms with E-state index in [1.54, 1.807) is 11.3 Å². The maximum absolute atomic E-state index is 4.77. The molecule has 7 heteroatoms. The number of hydrogen-bond acceptors (Lipinski definition) is 3. The maximum Gasteiger partial charge on any atom is 0.194 e. The number of aliphatic imine (C=N–C) groups is 1. The maximum atomic E-state index is 4.77. The van der Waals surface area contributed by atoms with Gasteiger partial charge in [0.25, 0.3) is 0 Å². The Balaban J connectivity index is 0.00000261. The Morgan fingerprint density at radius 3 is 2.67 bits per heavy atom.